The number of aromatic nitrogens is 4. The second kappa shape index (κ2) is 4.00. The molecule has 5 heteroatoms. The van der Waals surface area contributed by atoms with Gasteiger partial charge in [0.25, 0.3) is 0 Å². The second-order valence-corrected chi connectivity index (χ2v) is 3.96. The number of nitrogens with two attached hydrogens (primary N) is 1. The number of nitrogen functional groups attached to an aromatic ring is 1. The van der Waals surface area contributed by atoms with Gasteiger partial charge in [0.2, 0.25) is 0 Å². The van der Waals surface area contributed by atoms with Crippen molar-refractivity contribution in [3.8, 4) is 0 Å². The summed E-state index contributed by atoms with van der Waals surface area (Å²) in [6, 6.07) is 1.87. The van der Waals surface area contributed by atoms with Crippen molar-refractivity contribution >= 4 is 5.82 Å². The van der Waals surface area contributed by atoms with E-state index in [0.717, 1.165) is 23.5 Å². The number of hydrogen-bond acceptors (Lipinski definition) is 3. The number of anilines is 1. The summed E-state index contributed by atoms with van der Waals surface area (Å²) in [7, 11) is 0. The van der Waals surface area contributed by atoms with Gasteiger partial charge < -0.3 is 5.73 Å². The van der Waals surface area contributed by atoms with Crippen LogP contribution in [0.25, 0.3) is 0 Å². The summed E-state index contributed by atoms with van der Waals surface area (Å²) in [5.41, 5.74) is 8.99. The van der Waals surface area contributed by atoms with Crippen LogP contribution in [0.4, 0.5) is 5.82 Å². The molecule has 0 aliphatic carbocycles. The summed E-state index contributed by atoms with van der Waals surface area (Å²) in [5, 5.41) is 8.73. The normalized spacial score (nSPS) is 10.9. The predicted octanol–water partition coefficient (Wildman–Crippen LogP) is 1.35. The Hall–Kier alpha value is -1.78. The quantitative estimate of drug-likeness (QED) is 0.847. The summed E-state index contributed by atoms with van der Waals surface area (Å²) in [5.74, 6) is 0.696. The first-order valence-corrected chi connectivity index (χ1v) is 5.43. The van der Waals surface area contributed by atoms with E-state index in [1.54, 1.807) is 4.68 Å². The lowest BCUT2D eigenvalue weighted by Crippen LogP contribution is -2.06. The fraction of sp³-hybridized carbons (Fsp3) is 0.455. The number of rotatable bonds is 3. The molecule has 0 saturated carbocycles. The van der Waals surface area contributed by atoms with Gasteiger partial charge in [-0.1, -0.05) is 0 Å². The van der Waals surface area contributed by atoms with E-state index in [0.29, 0.717) is 12.4 Å². The van der Waals surface area contributed by atoms with Gasteiger partial charge in [0.1, 0.15) is 5.82 Å². The Morgan fingerprint density at radius 1 is 1.31 bits per heavy atom. The third kappa shape index (κ3) is 1.93. The van der Waals surface area contributed by atoms with E-state index in [9.17, 15) is 0 Å². The molecule has 0 aliphatic rings. The molecule has 0 saturated heterocycles. The molecule has 16 heavy (non-hydrogen) atoms. The van der Waals surface area contributed by atoms with Crippen LogP contribution in [0.15, 0.2) is 12.3 Å². The van der Waals surface area contributed by atoms with Crippen molar-refractivity contribution in [3.05, 3.63) is 29.2 Å². The minimum atomic E-state index is 0.686. The topological polar surface area (TPSA) is 61.7 Å². The Bertz CT molecular complexity index is 494. The first-order valence-electron chi connectivity index (χ1n) is 5.43. The maximum atomic E-state index is 5.85. The zero-order valence-electron chi connectivity index (χ0n) is 9.94. The Kier molecular flexibility index (Phi) is 2.68. The van der Waals surface area contributed by atoms with Crippen LogP contribution in [0.3, 0.4) is 0 Å². The Morgan fingerprint density at radius 3 is 2.56 bits per heavy atom. The molecule has 86 valence electrons. The summed E-state index contributed by atoms with van der Waals surface area (Å²) in [4.78, 5) is 0. The van der Waals surface area contributed by atoms with Crippen molar-refractivity contribution in [2.45, 2.75) is 33.9 Å². The van der Waals surface area contributed by atoms with E-state index >= 15 is 0 Å². The van der Waals surface area contributed by atoms with Crippen LogP contribution in [0.5, 0.6) is 0 Å². The van der Waals surface area contributed by atoms with Gasteiger partial charge in [-0.05, 0) is 20.8 Å². The van der Waals surface area contributed by atoms with Gasteiger partial charge in [-0.2, -0.15) is 10.2 Å². The van der Waals surface area contributed by atoms with Gasteiger partial charge in [0.15, 0.2) is 0 Å². The molecular weight excluding hydrogens is 202 g/mol. The van der Waals surface area contributed by atoms with Gasteiger partial charge >= 0.3 is 0 Å². The van der Waals surface area contributed by atoms with Crippen molar-refractivity contribution in [1.82, 2.24) is 19.6 Å². The molecule has 0 radical (unpaired) electrons. The molecular formula is C11H17N5. The smallest absolute Gasteiger partial charge is 0.122 e. The largest absolute Gasteiger partial charge is 0.384 e. The Labute approximate surface area is 94.9 Å². The lowest BCUT2D eigenvalue weighted by atomic mass is 10.3. The molecule has 0 amide bonds. The van der Waals surface area contributed by atoms with Crippen molar-refractivity contribution < 1.29 is 0 Å². The Morgan fingerprint density at radius 2 is 2.06 bits per heavy atom. The lowest BCUT2D eigenvalue weighted by molar-refractivity contribution is 0.651. The highest BCUT2D eigenvalue weighted by molar-refractivity contribution is 5.31. The fourth-order valence-corrected chi connectivity index (χ4v) is 1.73. The van der Waals surface area contributed by atoms with E-state index < -0.39 is 0 Å². The van der Waals surface area contributed by atoms with Crippen LogP contribution in [0, 0.1) is 13.8 Å². The van der Waals surface area contributed by atoms with Crippen molar-refractivity contribution in [2.75, 3.05) is 5.73 Å². The highest BCUT2D eigenvalue weighted by Crippen LogP contribution is 2.12. The van der Waals surface area contributed by atoms with Gasteiger partial charge in [0.05, 0.1) is 17.9 Å². The highest BCUT2D eigenvalue weighted by atomic mass is 15.3. The average Bonchev–Trinajstić information content (AvgIpc) is 2.72. The van der Waals surface area contributed by atoms with Crippen LogP contribution in [-0.4, -0.2) is 19.6 Å². The summed E-state index contributed by atoms with van der Waals surface area (Å²) in [6.07, 6.45) is 2.05. The zero-order valence-corrected chi connectivity index (χ0v) is 9.94. The van der Waals surface area contributed by atoms with Crippen molar-refractivity contribution in [3.63, 3.8) is 0 Å². The fourth-order valence-electron chi connectivity index (χ4n) is 1.73. The summed E-state index contributed by atoms with van der Waals surface area (Å²) in [6.45, 7) is 7.59. The third-order valence-corrected chi connectivity index (χ3v) is 2.63. The zero-order chi connectivity index (χ0) is 11.7. The molecule has 2 rings (SSSR count). The molecule has 0 aliphatic heterocycles. The van der Waals surface area contributed by atoms with Crippen LogP contribution >= 0.6 is 0 Å². The molecule has 0 bridgehead atoms. The van der Waals surface area contributed by atoms with Gasteiger partial charge in [0, 0.05) is 24.4 Å². The molecule has 2 aromatic heterocycles. The van der Waals surface area contributed by atoms with Gasteiger partial charge in [-0.3, -0.25) is 4.68 Å². The van der Waals surface area contributed by atoms with Crippen LogP contribution in [-0.2, 0) is 13.1 Å². The number of hydrogen-bond donors (Lipinski definition) is 1. The molecule has 0 unspecified atom stereocenters. The average molecular weight is 219 g/mol. The molecule has 2 aromatic rings. The van der Waals surface area contributed by atoms with E-state index in [-0.39, 0.29) is 0 Å². The number of nitrogens with zero attached hydrogens (tertiary/aromatic N) is 4. The second-order valence-electron chi connectivity index (χ2n) is 3.96. The van der Waals surface area contributed by atoms with Crippen LogP contribution < -0.4 is 5.73 Å². The SMILES string of the molecule is CCn1cc(Cn2nc(C)cc2N)c(C)n1. The standard InChI is InChI=1S/C11H17N5/c1-4-15-6-10(9(3)14-15)7-16-11(12)5-8(2)13-16/h5-6H,4,7,12H2,1-3H3. The van der Waals surface area contributed by atoms with E-state index in [2.05, 4.69) is 17.1 Å². The van der Waals surface area contributed by atoms with Gasteiger partial charge in [-0.25, -0.2) is 4.68 Å². The van der Waals surface area contributed by atoms with Crippen LogP contribution in [0.1, 0.15) is 23.9 Å². The highest BCUT2D eigenvalue weighted by Gasteiger charge is 2.07. The maximum absolute atomic E-state index is 5.85. The van der Waals surface area contributed by atoms with Crippen LogP contribution in [0.2, 0.25) is 0 Å². The van der Waals surface area contributed by atoms with E-state index in [1.807, 2.05) is 30.8 Å². The summed E-state index contributed by atoms with van der Waals surface area (Å²) >= 11 is 0. The molecule has 2 heterocycles. The first-order chi connectivity index (χ1) is 7.60. The van der Waals surface area contributed by atoms with Crippen molar-refractivity contribution in [1.29, 1.82) is 0 Å². The maximum Gasteiger partial charge on any atom is 0.122 e. The summed E-state index contributed by atoms with van der Waals surface area (Å²) < 4.78 is 3.73. The van der Waals surface area contributed by atoms with E-state index in [1.165, 1.54) is 0 Å². The Balaban J connectivity index is 2.26. The molecule has 0 fully saturated rings. The van der Waals surface area contributed by atoms with E-state index in [4.69, 9.17) is 5.73 Å². The van der Waals surface area contributed by atoms with Gasteiger partial charge in [-0.15, -0.1) is 0 Å². The molecule has 0 atom stereocenters. The first kappa shape index (κ1) is 10.7. The minimum Gasteiger partial charge on any atom is -0.384 e. The molecule has 5 nitrogen and oxygen atoms in total. The molecule has 2 N–H and O–H groups in total. The van der Waals surface area contributed by atoms with Crippen molar-refractivity contribution in [2.24, 2.45) is 0 Å². The minimum absolute atomic E-state index is 0.686. The predicted molar refractivity (Wildman–Crippen MR) is 63.1 cm³/mol. The monoisotopic (exact) mass is 219 g/mol. The lowest BCUT2D eigenvalue weighted by Gasteiger charge is -2.02. The molecule has 0 spiro atoms. The third-order valence-electron chi connectivity index (χ3n) is 2.63. The molecule has 0 aromatic carbocycles. The number of aryl methyl sites for hydroxylation is 3.